The number of ketones is 1. The number of rotatable bonds is 0. The molecule has 1 amide bonds. The van der Waals surface area contributed by atoms with Gasteiger partial charge in [-0.15, -0.1) is 0 Å². The van der Waals surface area contributed by atoms with Crippen molar-refractivity contribution in [2.75, 3.05) is 10.6 Å². The Morgan fingerprint density at radius 2 is 1.55 bits per heavy atom. The molecule has 6 heteroatoms. The number of halogens is 2. The quantitative estimate of drug-likeness (QED) is 0.718. The number of anilines is 2. The number of nitrogens with one attached hydrogen (secondary N) is 2. The zero-order valence-corrected chi connectivity index (χ0v) is 12.5. The molecule has 4 nitrogen and oxygen atoms in total. The Balaban J connectivity index is 1.94. The van der Waals surface area contributed by atoms with Crippen LogP contribution in [0.4, 0.5) is 11.4 Å². The molecule has 0 fully saturated rings. The van der Waals surface area contributed by atoms with E-state index < -0.39 is 0 Å². The summed E-state index contributed by atoms with van der Waals surface area (Å²) in [7, 11) is 0. The van der Waals surface area contributed by atoms with Crippen LogP contribution in [0.3, 0.4) is 0 Å². The van der Waals surface area contributed by atoms with E-state index in [-0.39, 0.29) is 23.0 Å². The van der Waals surface area contributed by atoms with Crippen molar-refractivity contribution in [1.29, 1.82) is 0 Å². The summed E-state index contributed by atoms with van der Waals surface area (Å²) < 4.78 is 0. The van der Waals surface area contributed by atoms with Crippen LogP contribution in [0.2, 0.25) is 10.0 Å². The third kappa shape index (κ3) is 1.78. The standard InChI is InChI=1S/C16H8Cl2N2O2/c17-9-5-8-12(6-10(9)18)20-16(22)13(8)14-15(21)7-3-1-2-4-11(7)19-14/h1-6,19H,(H,20,22)/b14-13-. The first kappa shape index (κ1) is 13.4. The van der Waals surface area contributed by atoms with Crippen LogP contribution in [0.25, 0.3) is 5.57 Å². The molecule has 0 atom stereocenters. The molecule has 2 aliphatic heterocycles. The Morgan fingerprint density at radius 1 is 0.818 bits per heavy atom. The molecule has 0 bridgehead atoms. The van der Waals surface area contributed by atoms with E-state index >= 15 is 0 Å². The molecule has 0 saturated heterocycles. The second-order valence-electron chi connectivity index (χ2n) is 5.02. The van der Waals surface area contributed by atoms with E-state index in [0.29, 0.717) is 32.5 Å². The Kier molecular flexibility index (Phi) is 2.79. The highest BCUT2D eigenvalue weighted by Crippen LogP contribution is 2.41. The summed E-state index contributed by atoms with van der Waals surface area (Å²) >= 11 is 12.0. The van der Waals surface area contributed by atoms with Crippen LogP contribution in [-0.4, -0.2) is 11.7 Å². The molecule has 2 aromatic carbocycles. The first-order valence-corrected chi connectivity index (χ1v) is 7.27. The Labute approximate surface area is 135 Å². The lowest BCUT2D eigenvalue weighted by molar-refractivity contribution is -0.110. The number of Topliss-reactive ketones (excluding diaryl/α,β-unsaturated/α-hetero) is 1. The van der Waals surface area contributed by atoms with Crippen LogP contribution in [-0.2, 0) is 4.79 Å². The smallest absolute Gasteiger partial charge is 0.258 e. The fraction of sp³-hybridized carbons (Fsp3) is 0. The molecule has 0 aromatic heterocycles. The van der Waals surface area contributed by atoms with Gasteiger partial charge in [-0.25, -0.2) is 0 Å². The minimum atomic E-state index is -0.350. The van der Waals surface area contributed by atoms with Gasteiger partial charge in [-0.3, -0.25) is 9.59 Å². The fourth-order valence-corrected chi connectivity index (χ4v) is 3.03. The van der Waals surface area contributed by atoms with Crippen LogP contribution in [0, 0.1) is 0 Å². The van der Waals surface area contributed by atoms with Gasteiger partial charge >= 0.3 is 0 Å². The summed E-state index contributed by atoms with van der Waals surface area (Å²) in [5.74, 6) is -0.559. The number of fused-ring (bicyclic) bond motifs is 2. The van der Waals surface area contributed by atoms with Gasteiger partial charge in [0.2, 0.25) is 5.78 Å². The van der Waals surface area contributed by atoms with E-state index in [2.05, 4.69) is 10.6 Å². The van der Waals surface area contributed by atoms with E-state index in [1.165, 1.54) is 0 Å². The molecule has 2 N–H and O–H groups in total. The van der Waals surface area contributed by atoms with E-state index in [1.807, 2.05) is 6.07 Å². The van der Waals surface area contributed by atoms with Crippen molar-refractivity contribution in [3.63, 3.8) is 0 Å². The summed E-state index contributed by atoms with van der Waals surface area (Å²) in [6.07, 6.45) is 0. The lowest BCUT2D eigenvalue weighted by Gasteiger charge is -2.04. The lowest BCUT2D eigenvalue weighted by atomic mass is 10.0. The minimum Gasteiger partial charge on any atom is -0.351 e. The van der Waals surface area contributed by atoms with Gasteiger partial charge in [-0.2, -0.15) is 0 Å². The highest BCUT2D eigenvalue weighted by molar-refractivity contribution is 6.44. The van der Waals surface area contributed by atoms with Crippen molar-refractivity contribution in [2.24, 2.45) is 0 Å². The molecule has 2 heterocycles. The predicted molar refractivity (Wildman–Crippen MR) is 86.4 cm³/mol. The molecule has 4 rings (SSSR count). The van der Waals surface area contributed by atoms with Crippen LogP contribution in [0.1, 0.15) is 15.9 Å². The van der Waals surface area contributed by atoms with Crippen molar-refractivity contribution < 1.29 is 9.59 Å². The third-order valence-corrected chi connectivity index (χ3v) is 4.44. The topological polar surface area (TPSA) is 58.2 Å². The van der Waals surface area contributed by atoms with E-state index in [4.69, 9.17) is 23.2 Å². The molecule has 22 heavy (non-hydrogen) atoms. The molecule has 0 saturated carbocycles. The second kappa shape index (κ2) is 4.60. The van der Waals surface area contributed by atoms with Gasteiger partial charge < -0.3 is 10.6 Å². The van der Waals surface area contributed by atoms with Crippen molar-refractivity contribution in [3.05, 3.63) is 63.3 Å². The average Bonchev–Trinajstić information content (AvgIpc) is 2.97. The van der Waals surface area contributed by atoms with E-state index in [0.717, 1.165) is 0 Å². The molecule has 108 valence electrons. The summed E-state index contributed by atoms with van der Waals surface area (Å²) in [6.45, 7) is 0. The van der Waals surface area contributed by atoms with Crippen LogP contribution >= 0.6 is 23.2 Å². The number of carbonyl (C=O) groups excluding carboxylic acids is 2. The molecule has 0 unspecified atom stereocenters. The zero-order chi connectivity index (χ0) is 15.4. The maximum Gasteiger partial charge on any atom is 0.258 e. The summed E-state index contributed by atoms with van der Waals surface area (Å²) in [4.78, 5) is 24.8. The lowest BCUT2D eigenvalue weighted by Crippen LogP contribution is -2.11. The number of allylic oxidation sites excluding steroid dienone is 1. The van der Waals surface area contributed by atoms with Crippen molar-refractivity contribution in [1.82, 2.24) is 0 Å². The fourth-order valence-electron chi connectivity index (χ4n) is 2.70. The van der Waals surface area contributed by atoms with Crippen molar-refractivity contribution in [2.45, 2.75) is 0 Å². The van der Waals surface area contributed by atoms with E-state index in [1.54, 1.807) is 30.3 Å². The molecular weight excluding hydrogens is 323 g/mol. The summed E-state index contributed by atoms with van der Waals surface area (Å²) in [5, 5.41) is 6.41. The number of benzene rings is 2. The molecular formula is C16H8Cl2N2O2. The number of amides is 1. The first-order valence-electron chi connectivity index (χ1n) is 6.52. The Hall–Kier alpha value is -2.30. The number of hydrogen-bond acceptors (Lipinski definition) is 3. The first-order chi connectivity index (χ1) is 10.6. The van der Waals surface area contributed by atoms with Gasteiger partial charge in [0.15, 0.2) is 0 Å². The second-order valence-corrected chi connectivity index (χ2v) is 5.83. The van der Waals surface area contributed by atoms with E-state index in [9.17, 15) is 9.59 Å². The average molecular weight is 331 g/mol. The Morgan fingerprint density at radius 3 is 2.32 bits per heavy atom. The molecule has 0 radical (unpaired) electrons. The van der Waals surface area contributed by atoms with Gasteiger partial charge in [-0.1, -0.05) is 35.3 Å². The number of hydrogen-bond donors (Lipinski definition) is 2. The van der Waals surface area contributed by atoms with Gasteiger partial charge in [-0.05, 0) is 24.3 Å². The monoisotopic (exact) mass is 330 g/mol. The Bertz CT molecular complexity index is 903. The highest BCUT2D eigenvalue weighted by Gasteiger charge is 2.35. The van der Waals surface area contributed by atoms with Crippen molar-refractivity contribution >= 4 is 51.8 Å². The normalized spacial score (nSPS) is 18.8. The summed E-state index contributed by atoms with van der Waals surface area (Å²) in [6, 6.07) is 10.3. The van der Waals surface area contributed by atoms with Gasteiger partial charge in [0, 0.05) is 16.8 Å². The minimum absolute atomic E-state index is 0.209. The molecule has 2 aliphatic rings. The molecule has 0 aliphatic carbocycles. The van der Waals surface area contributed by atoms with Gasteiger partial charge in [0.05, 0.1) is 21.3 Å². The maximum atomic E-state index is 12.5. The predicted octanol–water partition coefficient (Wildman–Crippen LogP) is 3.97. The number of carbonyl (C=O) groups is 2. The van der Waals surface area contributed by atoms with Crippen molar-refractivity contribution in [3.8, 4) is 0 Å². The van der Waals surface area contributed by atoms with Gasteiger partial charge in [0.1, 0.15) is 5.70 Å². The molecule has 0 spiro atoms. The largest absolute Gasteiger partial charge is 0.351 e. The van der Waals surface area contributed by atoms with Crippen LogP contribution in [0.15, 0.2) is 42.1 Å². The summed E-state index contributed by atoms with van der Waals surface area (Å²) in [5.41, 5.74) is 2.91. The van der Waals surface area contributed by atoms with Crippen LogP contribution in [0.5, 0.6) is 0 Å². The maximum absolute atomic E-state index is 12.5. The van der Waals surface area contributed by atoms with Crippen LogP contribution < -0.4 is 10.6 Å². The highest BCUT2D eigenvalue weighted by atomic mass is 35.5. The third-order valence-electron chi connectivity index (χ3n) is 3.71. The number of para-hydroxylation sites is 1. The zero-order valence-electron chi connectivity index (χ0n) is 11.0. The van der Waals surface area contributed by atoms with Gasteiger partial charge in [0.25, 0.3) is 5.91 Å². The SMILES string of the molecule is O=C1Nc2cc(Cl)c(Cl)cc2/C1=C1/Nc2ccccc2C1=O. The molecule has 2 aromatic rings.